The molecule has 0 unspecified atom stereocenters. The van der Waals surface area contributed by atoms with Crippen LogP contribution in [0.15, 0.2) is 58.0 Å². The zero-order valence-electron chi connectivity index (χ0n) is 14.0. The van der Waals surface area contributed by atoms with E-state index in [4.69, 9.17) is 4.98 Å². The highest BCUT2D eigenvalue weighted by molar-refractivity contribution is 7.10. The third-order valence-electron chi connectivity index (χ3n) is 4.89. The number of benzene rings is 1. The molecule has 0 saturated heterocycles. The second-order valence-electron chi connectivity index (χ2n) is 6.47. The van der Waals surface area contributed by atoms with Crippen LogP contribution in [-0.4, -0.2) is 21.4 Å². The summed E-state index contributed by atoms with van der Waals surface area (Å²) in [5.74, 6) is 0.730. The van der Waals surface area contributed by atoms with E-state index >= 15 is 0 Å². The Morgan fingerprint density at radius 1 is 1.12 bits per heavy atom. The van der Waals surface area contributed by atoms with Gasteiger partial charge in [-0.1, -0.05) is 18.2 Å². The Hall–Kier alpha value is -2.28. The summed E-state index contributed by atoms with van der Waals surface area (Å²) in [5.41, 5.74) is 2.09. The van der Waals surface area contributed by atoms with Crippen molar-refractivity contribution in [1.82, 2.24) is 14.9 Å². The fraction of sp³-hybridized carbons (Fsp3) is 0.200. The summed E-state index contributed by atoms with van der Waals surface area (Å²) in [7, 11) is 0. The van der Waals surface area contributed by atoms with Gasteiger partial charge in [-0.2, -0.15) is 0 Å². The molecule has 1 aliphatic rings. The van der Waals surface area contributed by atoms with Crippen molar-refractivity contribution in [1.29, 1.82) is 0 Å². The van der Waals surface area contributed by atoms with Crippen LogP contribution in [0.2, 0.25) is 0 Å². The Labute approximate surface area is 158 Å². The number of para-hydroxylation sites is 1. The summed E-state index contributed by atoms with van der Waals surface area (Å²) in [6.45, 7) is 1.60. The van der Waals surface area contributed by atoms with Crippen LogP contribution < -0.4 is 5.56 Å². The molecule has 0 saturated carbocycles. The van der Waals surface area contributed by atoms with Crippen molar-refractivity contribution in [2.45, 2.75) is 19.0 Å². The minimum absolute atomic E-state index is 0.0634. The molecule has 0 radical (unpaired) electrons. The van der Waals surface area contributed by atoms with Gasteiger partial charge in [0.05, 0.1) is 23.5 Å². The first-order chi connectivity index (χ1) is 12.8. The second kappa shape index (κ2) is 6.46. The van der Waals surface area contributed by atoms with E-state index in [0.29, 0.717) is 11.9 Å². The number of nitrogens with zero attached hydrogens (tertiary/aromatic N) is 2. The number of hydrogen-bond acceptors (Lipinski definition) is 5. The van der Waals surface area contributed by atoms with Crippen molar-refractivity contribution in [3.05, 3.63) is 84.7 Å². The molecule has 4 heterocycles. The van der Waals surface area contributed by atoms with E-state index in [2.05, 4.69) is 38.8 Å². The fourth-order valence-electron chi connectivity index (χ4n) is 3.72. The predicted octanol–water partition coefficient (Wildman–Crippen LogP) is 4.19. The molecule has 3 aromatic heterocycles. The predicted molar refractivity (Wildman–Crippen MR) is 107 cm³/mol. The van der Waals surface area contributed by atoms with Crippen molar-refractivity contribution >= 4 is 33.6 Å². The maximum Gasteiger partial charge on any atom is 0.258 e. The summed E-state index contributed by atoms with van der Waals surface area (Å²) in [5, 5.41) is 4.96. The maximum atomic E-state index is 12.4. The number of thiophene rings is 2. The average Bonchev–Trinajstić information content (AvgIpc) is 3.33. The van der Waals surface area contributed by atoms with Gasteiger partial charge in [-0.15, -0.1) is 22.7 Å². The van der Waals surface area contributed by atoms with Crippen LogP contribution in [0.5, 0.6) is 0 Å². The van der Waals surface area contributed by atoms with Crippen molar-refractivity contribution in [2.75, 3.05) is 6.54 Å². The Morgan fingerprint density at radius 3 is 2.92 bits per heavy atom. The van der Waals surface area contributed by atoms with Gasteiger partial charge >= 0.3 is 0 Å². The molecule has 26 heavy (non-hydrogen) atoms. The van der Waals surface area contributed by atoms with E-state index < -0.39 is 0 Å². The normalized spacial score (nSPS) is 17.5. The fourth-order valence-corrected chi connectivity index (χ4v) is 5.50. The number of nitrogens with one attached hydrogen (secondary N) is 1. The van der Waals surface area contributed by atoms with Gasteiger partial charge in [-0.25, -0.2) is 4.98 Å². The lowest BCUT2D eigenvalue weighted by Gasteiger charge is -2.35. The third-order valence-corrected chi connectivity index (χ3v) is 6.81. The van der Waals surface area contributed by atoms with E-state index in [0.717, 1.165) is 24.3 Å². The van der Waals surface area contributed by atoms with Crippen molar-refractivity contribution in [3.8, 4) is 0 Å². The molecule has 1 atom stereocenters. The highest BCUT2D eigenvalue weighted by Gasteiger charge is 2.30. The van der Waals surface area contributed by atoms with Crippen LogP contribution in [-0.2, 0) is 13.0 Å². The lowest BCUT2D eigenvalue weighted by molar-refractivity contribution is 0.204. The van der Waals surface area contributed by atoms with Crippen LogP contribution in [0.1, 0.15) is 27.2 Å². The maximum absolute atomic E-state index is 12.4. The smallest absolute Gasteiger partial charge is 0.258 e. The largest absolute Gasteiger partial charge is 0.309 e. The van der Waals surface area contributed by atoms with E-state index in [1.807, 2.05) is 35.6 Å². The summed E-state index contributed by atoms with van der Waals surface area (Å²) < 4.78 is 0. The van der Waals surface area contributed by atoms with Gasteiger partial charge < -0.3 is 4.98 Å². The lowest BCUT2D eigenvalue weighted by atomic mass is 9.98. The molecule has 0 aliphatic carbocycles. The summed E-state index contributed by atoms with van der Waals surface area (Å²) >= 11 is 3.63. The zero-order valence-corrected chi connectivity index (χ0v) is 15.6. The van der Waals surface area contributed by atoms with Gasteiger partial charge in [0.1, 0.15) is 5.82 Å². The first kappa shape index (κ1) is 15.9. The molecule has 1 aromatic carbocycles. The molecule has 4 nitrogen and oxygen atoms in total. The van der Waals surface area contributed by atoms with Crippen LogP contribution >= 0.6 is 22.7 Å². The molecule has 0 amide bonds. The van der Waals surface area contributed by atoms with Crippen molar-refractivity contribution in [2.24, 2.45) is 0 Å². The van der Waals surface area contributed by atoms with Gasteiger partial charge in [-0.05, 0) is 47.0 Å². The van der Waals surface area contributed by atoms with Crippen LogP contribution in [0.25, 0.3) is 10.9 Å². The number of aromatic amines is 1. The molecule has 130 valence electrons. The van der Waals surface area contributed by atoms with E-state index in [1.165, 1.54) is 15.3 Å². The molecule has 0 bridgehead atoms. The molecule has 1 aliphatic heterocycles. The quantitative estimate of drug-likeness (QED) is 0.581. The molecule has 1 N–H and O–H groups in total. The van der Waals surface area contributed by atoms with Crippen LogP contribution in [0.4, 0.5) is 0 Å². The summed E-state index contributed by atoms with van der Waals surface area (Å²) in [4.78, 5) is 25.3. The zero-order chi connectivity index (χ0) is 17.5. The second-order valence-corrected chi connectivity index (χ2v) is 8.45. The molecule has 0 spiro atoms. The molecule has 5 rings (SSSR count). The Balaban J connectivity index is 1.54. The Bertz CT molecular complexity index is 1110. The van der Waals surface area contributed by atoms with Gasteiger partial charge in [-0.3, -0.25) is 9.69 Å². The lowest BCUT2D eigenvalue weighted by Crippen LogP contribution is -2.35. The van der Waals surface area contributed by atoms with E-state index in [9.17, 15) is 4.79 Å². The van der Waals surface area contributed by atoms with Crippen LogP contribution in [0.3, 0.4) is 0 Å². The first-order valence-corrected chi connectivity index (χ1v) is 10.4. The van der Waals surface area contributed by atoms with Gasteiger partial charge in [0.15, 0.2) is 0 Å². The van der Waals surface area contributed by atoms with Crippen LogP contribution in [0, 0.1) is 0 Å². The number of rotatable bonds is 3. The summed E-state index contributed by atoms with van der Waals surface area (Å²) in [6.07, 6.45) is 1.05. The molecular formula is C20H17N3OS2. The van der Waals surface area contributed by atoms with Gasteiger partial charge in [0.25, 0.3) is 5.56 Å². The molecule has 4 aromatic rings. The van der Waals surface area contributed by atoms with Gasteiger partial charge in [0, 0.05) is 16.3 Å². The molecule has 0 fully saturated rings. The summed E-state index contributed by atoms with van der Waals surface area (Å²) in [6, 6.07) is 14.3. The Morgan fingerprint density at radius 2 is 2.04 bits per heavy atom. The highest BCUT2D eigenvalue weighted by Crippen LogP contribution is 2.39. The van der Waals surface area contributed by atoms with Gasteiger partial charge in [0.2, 0.25) is 0 Å². The number of hydrogen-bond donors (Lipinski definition) is 1. The number of aromatic nitrogens is 2. The van der Waals surface area contributed by atoms with Crippen molar-refractivity contribution in [3.63, 3.8) is 0 Å². The minimum atomic E-state index is -0.0634. The topological polar surface area (TPSA) is 49.0 Å². The van der Waals surface area contributed by atoms with E-state index in [1.54, 1.807) is 11.3 Å². The number of fused-ring (bicyclic) bond motifs is 2. The highest BCUT2D eigenvalue weighted by atomic mass is 32.1. The van der Waals surface area contributed by atoms with Crippen molar-refractivity contribution < 1.29 is 0 Å². The molecule has 6 heteroatoms. The SMILES string of the molecule is O=c1[nH]c(CN2CCc3sccc3[C@H]2c2cccs2)nc2ccccc12. The monoisotopic (exact) mass is 379 g/mol. The average molecular weight is 380 g/mol. The standard InChI is InChI=1S/C20H17N3OS2/c24-20-13-4-1-2-5-15(13)21-18(22-20)12-23-9-7-16-14(8-11-26-16)19(23)17-6-3-10-25-17/h1-6,8,10-11,19H,7,9,12H2,(H,21,22,24)/t19-/m0/s1. The number of H-pyrrole nitrogens is 1. The minimum Gasteiger partial charge on any atom is -0.309 e. The first-order valence-electron chi connectivity index (χ1n) is 8.61. The molecular weight excluding hydrogens is 362 g/mol. The van der Waals surface area contributed by atoms with E-state index in [-0.39, 0.29) is 11.6 Å². The Kier molecular flexibility index (Phi) is 3.96. The third kappa shape index (κ3) is 2.70.